The molecule has 1 rings (SSSR count). The van der Waals surface area contributed by atoms with Crippen molar-refractivity contribution < 1.29 is 14.9 Å². The second-order valence-corrected chi connectivity index (χ2v) is 3.63. The Hall–Kier alpha value is -0.120. The largest absolute Gasteiger partial charge is 0.390 e. The average Bonchev–Trinajstić information content (AvgIpc) is 2.08. The van der Waals surface area contributed by atoms with Crippen LogP contribution in [0.1, 0.15) is 27.2 Å². The van der Waals surface area contributed by atoms with Crippen molar-refractivity contribution in [3.8, 4) is 0 Å². The van der Waals surface area contributed by atoms with Gasteiger partial charge in [0.2, 0.25) is 0 Å². The molecule has 0 aromatic carbocycles. The number of aliphatic hydroxyl groups is 2. The molecule has 1 fully saturated rings. The van der Waals surface area contributed by atoms with Crippen molar-refractivity contribution in [1.82, 2.24) is 0 Å². The van der Waals surface area contributed by atoms with E-state index in [-0.39, 0.29) is 18.1 Å². The lowest BCUT2D eigenvalue weighted by atomic mass is 9.88. The Kier molecular flexibility index (Phi) is 3.09. The standard InChI is InChI=1S/C9H18O3/c1-4-7-9(11)8(10)5(2)6(3)12-7/h5-11H,4H2,1-3H3. The van der Waals surface area contributed by atoms with E-state index in [2.05, 4.69) is 0 Å². The van der Waals surface area contributed by atoms with Crippen LogP contribution in [-0.4, -0.2) is 34.6 Å². The molecule has 0 amide bonds. The molecule has 0 aliphatic carbocycles. The Bertz CT molecular complexity index is 144. The lowest BCUT2D eigenvalue weighted by Crippen LogP contribution is -2.52. The van der Waals surface area contributed by atoms with E-state index < -0.39 is 12.2 Å². The molecule has 0 spiro atoms. The zero-order valence-corrected chi connectivity index (χ0v) is 7.90. The predicted octanol–water partition coefficient (Wildman–Crippen LogP) is 0.542. The topological polar surface area (TPSA) is 49.7 Å². The van der Waals surface area contributed by atoms with Gasteiger partial charge in [0.1, 0.15) is 6.10 Å². The number of aliphatic hydroxyl groups excluding tert-OH is 2. The predicted molar refractivity (Wildman–Crippen MR) is 45.8 cm³/mol. The molecule has 0 aromatic rings. The molecule has 12 heavy (non-hydrogen) atoms. The fourth-order valence-corrected chi connectivity index (χ4v) is 1.63. The highest BCUT2D eigenvalue weighted by molar-refractivity contribution is 4.87. The summed E-state index contributed by atoms with van der Waals surface area (Å²) in [6, 6.07) is 0. The summed E-state index contributed by atoms with van der Waals surface area (Å²) in [5.74, 6) is 0.0165. The zero-order chi connectivity index (χ0) is 9.30. The third-order valence-electron chi connectivity index (χ3n) is 2.80. The summed E-state index contributed by atoms with van der Waals surface area (Å²) in [4.78, 5) is 0. The zero-order valence-electron chi connectivity index (χ0n) is 7.90. The van der Waals surface area contributed by atoms with Gasteiger partial charge in [0, 0.05) is 5.92 Å². The summed E-state index contributed by atoms with van der Waals surface area (Å²) in [6.45, 7) is 5.77. The minimum absolute atomic E-state index is 0.0165. The van der Waals surface area contributed by atoms with E-state index in [1.165, 1.54) is 0 Å². The van der Waals surface area contributed by atoms with Crippen molar-refractivity contribution in [2.45, 2.75) is 51.6 Å². The van der Waals surface area contributed by atoms with Gasteiger partial charge in [-0.3, -0.25) is 0 Å². The van der Waals surface area contributed by atoms with Crippen molar-refractivity contribution in [3.05, 3.63) is 0 Å². The highest BCUT2D eigenvalue weighted by atomic mass is 16.5. The maximum absolute atomic E-state index is 9.59. The van der Waals surface area contributed by atoms with E-state index >= 15 is 0 Å². The van der Waals surface area contributed by atoms with Gasteiger partial charge in [0.25, 0.3) is 0 Å². The van der Waals surface area contributed by atoms with Crippen LogP contribution < -0.4 is 0 Å². The molecule has 1 aliphatic rings. The molecule has 3 heteroatoms. The average molecular weight is 174 g/mol. The molecule has 0 saturated carbocycles. The number of ether oxygens (including phenoxy) is 1. The van der Waals surface area contributed by atoms with Crippen LogP contribution in [0.25, 0.3) is 0 Å². The van der Waals surface area contributed by atoms with Crippen LogP contribution in [-0.2, 0) is 4.74 Å². The van der Waals surface area contributed by atoms with Crippen molar-refractivity contribution in [3.63, 3.8) is 0 Å². The van der Waals surface area contributed by atoms with Crippen molar-refractivity contribution in [2.24, 2.45) is 5.92 Å². The summed E-state index contributed by atoms with van der Waals surface area (Å²) in [6.07, 6.45) is -0.783. The van der Waals surface area contributed by atoms with Crippen LogP contribution in [0.2, 0.25) is 0 Å². The monoisotopic (exact) mass is 174 g/mol. The first kappa shape index (κ1) is 9.96. The van der Waals surface area contributed by atoms with Crippen molar-refractivity contribution in [1.29, 1.82) is 0 Å². The first-order valence-electron chi connectivity index (χ1n) is 4.59. The molecule has 2 N–H and O–H groups in total. The van der Waals surface area contributed by atoms with Crippen molar-refractivity contribution >= 4 is 0 Å². The van der Waals surface area contributed by atoms with Crippen LogP contribution >= 0.6 is 0 Å². The first-order chi connectivity index (χ1) is 5.57. The summed E-state index contributed by atoms with van der Waals surface area (Å²) in [5, 5.41) is 19.1. The third-order valence-corrected chi connectivity index (χ3v) is 2.80. The first-order valence-corrected chi connectivity index (χ1v) is 4.59. The van der Waals surface area contributed by atoms with E-state index in [0.717, 1.165) is 6.42 Å². The molecule has 72 valence electrons. The van der Waals surface area contributed by atoms with Gasteiger partial charge in [0.15, 0.2) is 0 Å². The quantitative estimate of drug-likeness (QED) is 0.610. The molecule has 0 bridgehead atoms. The van der Waals surface area contributed by atoms with Gasteiger partial charge in [-0.25, -0.2) is 0 Å². The fraction of sp³-hybridized carbons (Fsp3) is 1.00. The van der Waals surface area contributed by atoms with E-state index in [9.17, 15) is 10.2 Å². The Morgan fingerprint density at radius 1 is 1.17 bits per heavy atom. The number of hydrogen-bond acceptors (Lipinski definition) is 3. The van der Waals surface area contributed by atoms with Gasteiger partial charge in [0.05, 0.1) is 18.3 Å². The van der Waals surface area contributed by atoms with Gasteiger partial charge in [-0.2, -0.15) is 0 Å². The molecular formula is C9H18O3. The molecule has 5 unspecified atom stereocenters. The lowest BCUT2D eigenvalue weighted by Gasteiger charge is -2.40. The normalized spacial score (nSPS) is 49.2. The van der Waals surface area contributed by atoms with Crippen LogP contribution in [0.4, 0.5) is 0 Å². The van der Waals surface area contributed by atoms with E-state index in [0.29, 0.717) is 0 Å². The van der Waals surface area contributed by atoms with E-state index in [4.69, 9.17) is 4.74 Å². The van der Waals surface area contributed by atoms with E-state index in [1.54, 1.807) is 0 Å². The van der Waals surface area contributed by atoms with Gasteiger partial charge in [-0.15, -0.1) is 0 Å². The number of hydrogen-bond donors (Lipinski definition) is 2. The van der Waals surface area contributed by atoms with E-state index in [1.807, 2.05) is 20.8 Å². The second kappa shape index (κ2) is 3.73. The third kappa shape index (κ3) is 1.63. The van der Waals surface area contributed by atoms with Crippen LogP contribution in [0.15, 0.2) is 0 Å². The highest BCUT2D eigenvalue weighted by Crippen LogP contribution is 2.26. The van der Waals surface area contributed by atoms with Crippen molar-refractivity contribution in [2.75, 3.05) is 0 Å². The maximum atomic E-state index is 9.59. The fourth-order valence-electron chi connectivity index (χ4n) is 1.63. The minimum atomic E-state index is -0.721. The Morgan fingerprint density at radius 2 is 1.75 bits per heavy atom. The molecule has 1 heterocycles. The molecule has 0 aromatic heterocycles. The van der Waals surface area contributed by atoms with Crippen LogP contribution in [0.5, 0.6) is 0 Å². The van der Waals surface area contributed by atoms with Crippen LogP contribution in [0, 0.1) is 5.92 Å². The second-order valence-electron chi connectivity index (χ2n) is 3.63. The number of rotatable bonds is 1. The summed E-state index contributed by atoms with van der Waals surface area (Å²) in [7, 11) is 0. The summed E-state index contributed by atoms with van der Waals surface area (Å²) >= 11 is 0. The molecule has 5 atom stereocenters. The highest BCUT2D eigenvalue weighted by Gasteiger charge is 2.38. The minimum Gasteiger partial charge on any atom is -0.390 e. The Morgan fingerprint density at radius 3 is 2.25 bits per heavy atom. The molecule has 1 aliphatic heterocycles. The SMILES string of the molecule is CCC1OC(C)C(C)C(O)C1O. The van der Waals surface area contributed by atoms with Gasteiger partial charge < -0.3 is 14.9 Å². The summed E-state index contributed by atoms with van der Waals surface area (Å²) in [5.41, 5.74) is 0. The van der Waals surface area contributed by atoms with Gasteiger partial charge >= 0.3 is 0 Å². The lowest BCUT2D eigenvalue weighted by molar-refractivity contribution is -0.191. The Labute approximate surface area is 73.4 Å². The summed E-state index contributed by atoms with van der Waals surface area (Å²) < 4.78 is 5.52. The van der Waals surface area contributed by atoms with Crippen LogP contribution in [0.3, 0.4) is 0 Å². The molecule has 3 nitrogen and oxygen atoms in total. The molecule has 0 radical (unpaired) electrons. The van der Waals surface area contributed by atoms with Gasteiger partial charge in [-0.05, 0) is 13.3 Å². The molecular weight excluding hydrogens is 156 g/mol. The maximum Gasteiger partial charge on any atom is 0.106 e. The smallest absolute Gasteiger partial charge is 0.106 e. The Balaban J connectivity index is 2.63. The molecule has 1 saturated heterocycles. The van der Waals surface area contributed by atoms with Gasteiger partial charge in [-0.1, -0.05) is 13.8 Å².